The lowest BCUT2D eigenvalue weighted by Gasteiger charge is -2.16. The smallest absolute Gasteiger partial charge is 0.329 e. The molecule has 0 unspecified atom stereocenters. The Morgan fingerprint density at radius 2 is 1.90 bits per heavy atom. The highest BCUT2D eigenvalue weighted by atomic mass is 32.2. The second-order valence-electron chi connectivity index (χ2n) is 4.00. The molecule has 8 nitrogen and oxygen atoms in total. The largest absolute Gasteiger partial charge is 0.496 e. The van der Waals surface area contributed by atoms with Crippen LogP contribution in [0.1, 0.15) is 10.4 Å². The summed E-state index contributed by atoms with van der Waals surface area (Å²) in [6.07, 6.45) is 0. The van der Waals surface area contributed by atoms with Gasteiger partial charge in [0.15, 0.2) is 0 Å². The number of rotatable bonds is 6. The van der Waals surface area contributed by atoms with Crippen molar-refractivity contribution in [1.29, 1.82) is 0 Å². The van der Waals surface area contributed by atoms with Crippen LogP contribution in [0.5, 0.6) is 5.75 Å². The number of para-hydroxylation sites is 1. The van der Waals surface area contributed by atoms with E-state index in [-0.39, 0.29) is 11.3 Å². The molecule has 1 aromatic rings. The topological polar surface area (TPSA) is 119 Å². The summed E-state index contributed by atoms with van der Waals surface area (Å²) in [5.74, 6) is -2.45. The number of amides is 1. The molecular formula is C12H15NO7S. The average molecular weight is 317 g/mol. The summed E-state index contributed by atoms with van der Waals surface area (Å²) in [7, 11) is -2.07. The molecule has 1 rings (SSSR count). The van der Waals surface area contributed by atoms with E-state index in [9.17, 15) is 18.0 Å². The highest BCUT2D eigenvalue weighted by molar-refractivity contribution is 7.85. The first-order valence-electron chi connectivity index (χ1n) is 5.75. The van der Waals surface area contributed by atoms with E-state index in [1.54, 1.807) is 12.1 Å². The number of carbonyl (C=O) groups excluding carboxylic acids is 2. The van der Waals surface area contributed by atoms with Gasteiger partial charge < -0.3 is 14.8 Å². The number of hydrogen-bond donors (Lipinski definition) is 2. The van der Waals surface area contributed by atoms with Gasteiger partial charge in [0.2, 0.25) is 0 Å². The third kappa shape index (κ3) is 5.04. The van der Waals surface area contributed by atoms with Crippen molar-refractivity contribution >= 4 is 22.0 Å². The van der Waals surface area contributed by atoms with E-state index >= 15 is 0 Å². The first-order valence-corrected chi connectivity index (χ1v) is 7.36. The normalized spacial score (nSPS) is 12.3. The molecule has 116 valence electrons. The van der Waals surface area contributed by atoms with Gasteiger partial charge in [0, 0.05) is 0 Å². The van der Waals surface area contributed by atoms with Crippen LogP contribution in [0, 0.1) is 0 Å². The van der Waals surface area contributed by atoms with Crippen LogP contribution in [0.25, 0.3) is 0 Å². The van der Waals surface area contributed by atoms with Crippen molar-refractivity contribution < 1.29 is 32.0 Å². The van der Waals surface area contributed by atoms with Crippen LogP contribution in [-0.2, 0) is 19.6 Å². The van der Waals surface area contributed by atoms with E-state index in [0.717, 1.165) is 7.11 Å². The Hall–Kier alpha value is -2.13. The third-order valence-corrected chi connectivity index (χ3v) is 3.27. The first-order chi connectivity index (χ1) is 9.78. The number of carbonyl (C=O) groups is 2. The molecule has 2 N–H and O–H groups in total. The van der Waals surface area contributed by atoms with E-state index in [2.05, 4.69) is 10.1 Å². The number of hydrogen-bond acceptors (Lipinski definition) is 6. The number of nitrogens with one attached hydrogen (secondary N) is 1. The zero-order chi connectivity index (χ0) is 16.0. The maximum absolute atomic E-state index is 12.1. The Bertz CT molecular complexity index is 626. The van der Waals surface area contributed by atoms with E-state index in [1.165, 1.54) is 19.2 Å². The molecule has 0 aliphatic carbocycles. The Morgan fingerprint density at radius 3 is 2.43 bits per heavy atom. The third-order valence-electron chi connectivity index (χ3n) is 2.52. The monoisotopic (exact) mass is 317 g/mol. The van der Waals surface area contributed by atoms with Crippen LogP contribution in [0.2, 0.25) is 0 Å². The first kappa shape index (κ1) is 16.9. The maximum atomic E-state index is 12.1. The van der Waals surface area contributed by atoms with Crippen molar-refractivity contribution in [2.24, 2.45) is 0 Å². The van der Waals surface area contributed by atoms with Crippen LogP contribution in [-0.4, -0.2) is 50.9 Å². The summed E-state index contributed by atoms with van der Waals surface area (Å²) in [4.78, 5) is 23.5. The number of methoxy groups -OCH3 is 2. The van der Waals surface area contributed by atoms with Crippen LogP contribution < -0.4 is 10.1 Å². The van der Waals surface area contributed by atoms with Gasteiger partial charge in [0.1, 0.15) is 17.5 Å². The average Bonchev–Trinajstić information content (AvgIpc) is 2.44. The lowest BCUT2D eigenvalue weighted by atomic mass is 10.1. The van der Waals surface area contributed by atoms with Crippen molar-refractivity contribution in [2.75, 3.05) is 20.0 Å². The Morgan fingerprint density at radius 1 is 1.29 bits per heavy atom. The van der Waals surface area contributed by atoms with Crippen LogP contribution in [0.4, 0.5) is 0 Å². The van der Waals surface area contributed by atoms with Gasteiger partial charge in [-0.2, -0.15) is 8.42 Å². The second-order valence-corrected chi connectivity index (χ2v) is 5.50. The van der Waals surface area contributed by atoms with Gasteiger partial charge in [-0.3, -0.25) is 9.35 Å². The Kier molecular flexibility index (Phi) is 5.68. The summed E-state index contributed by atoms with van der Waals surface area (Å²) in [5, 5.41) is 2.18. The van der Waals surface area contributed by atoms with Crippen molar-refractivity contribution in [1.82, 2.24) is 5.32 Å². The van der Waals surface area contributed by atoms with Crippen LogP contribution >= 0.6 is 0 Å². The molecular weight excluding hydrogens is 302 g/mol. The molecule has 0 aliphatic rings. The van der Waals surface area contributed by atoms with Crippen LogP contribution in [0.3, 0.4) is 0 Å². The quantitative estimate of drug-likeness (QED) is 0.553. The molecule has 0 bridgehead atoms. The van der Waals surface area contributed by atoms with Crippen molar-refractivity contribution in [2.45, 2.75) is 6.04 Å². The molecule has 21 heavy (non-hydrogen) atoms. The minimum Gasteiger partial charge on any atom is -0.496 e. The van der Waals surface area contributed by atoms with Gasteiger partial charge in [-0.25, -0.2) is 4.79 Å². The van der Waals surface area contributed by atoms with E-state index in [0.29, 0.717) is 0 Å². The van der Waals surface area contributed by atoms with Gasteiger partial charge in [0.25, 0.3) is 16.0 Å². The van der Waals surface area contributed by atoms with Crippen LogP contribution in [0.15, 0.2) is 24.3 Å². The molecule has 9 heteroatoms. The standard InChI is InChI=1S/C12H15NO7S/c1-19-10-6-4-3-5-8(10)11(14)13-9(12(15)20-2)7-21(16,17)18/h3-6,9H,7H2,1-2H3,(H,13,14)(H,16,17,18)/t9-/m0/s1. The zero-order valence-electron chi connectivity index (χ0n) is 11.4. The fourth-order valence-corrected chi connectivity index (χ4v) is 2.23. The Balaban J connectivity index is 2.97. The van der Waals surface area contributed by atoms with Gasteiger partial charge in [-0.15, -0.1) is 0 Å². The highest BCUT2D eigenvalue weighted by Crippen LogP contribution is 2.17. The summed E-state index contributed by atoms with van der Waals surface area (Å²) in [6, 6.07) is 4.67. The summed E-state index contributed by atoms with van der Waals surface area (Å²) in [5.41, 5.74) is 0.115. The molecule has 0 radical (unpaired) electrons. The summed E-state index contributed by atoms with van der Waals surface area (Å²) >= 11 is 0. The van der Waals surface area contributed by atoms with Gasteiger partial charge >= 0.3 is 5.97 Å². The van der Waals surface area contributed by atoms with Gasteiger partial charge in [0.05, 0.1) is 19.8 Å². The predicted octanol–water partition coefficient (Wildman–Crippen LogP) is -0.146. The molecule has 0 saturated carbocycles. The summed E-state index contributed by atoms with van der Waals surface area (Å²) < 4.78 is 39.9. The number of ether oxygens (including phenoxy) is 2. The SMILES string of the molecule is COC(=O)[C@H](CS(=O)(=O)O)NC(=O)c1ccccc1OC. The molecule has 1 atom stereocenters. The lowest BCUT2D eigenvalue weighted by molar-refractivity contribution is -0.142. The van der Waals surface area contributed by atoms with Crippen molar-refractivity contribution in [3.05, 3.63) is 29.8 Å². The molecule has 0 fully saturated rings. The molecule has 0 heterocycles. The number of benzene rings is 1. The number of esters is 1. The molecule has 1 amide bonds. The molecule has 1 aromatic carbocycles. The minimum atomic E-state index is -4.47. The van der Waals surface area contributed by atoms with Gasteiger partial charge in [-0.1, -0.05) is 12.1 Å². The molecule has 0 aromatic heterocycles. The van der Waals surface area contributed by atoms with E-state index in [4.69, 9.17) is 9.29 Å². The minimum absolute atomic E-state index is 0.115. The molecule has 0 saturated heterocycles. The van der Waals surface area contributed by atoms with Crippen molar-refractivity contribution in [3.8, 4) is 5.75 Å². The lowest BCUT2D eigenvalue weighted by Crippen LogP contribution is -2.46. The van der Waals surface area contributed by atoms with E-state index < -0.39 is 33.8 Å². The second kappa shape index (κ2) is 7.04. The van der Waals surface area contributed by atoms with Gasteiger partial charge in [-0.05, 0) is 12.1 Å². The fraction of sp³-hybridized carbons (Fsp3) is 0.333. The van der Waals surface area contributed by atoms with Crippen molar-refractivity contribution in [3.63, 3.8) is 0 Å². The maximum Gasteiger partial charge on any atom is 0.329 e. The molecule has 0 aliphatic heterocycles. The predicted molar refractivity (Wildman–Crippen MR) is 72.7 cm³/mol. The molecule has 0 spiro atoms. The Labute approximate surface area is 121 Å². The summed E-state index contributed by atoms with van der Waals surface area (Å²) in [6.45, 7) is 0. The van der Waals surface area contributed by atoms with E-state index in [1.807, 2.05) is 0 Å². The fourth-order valence-electron chi connectivity index (χ4n) is 1.59. The highest BCUT2D eigenvalue weighted by Gasteiger charge is 2.28. The zero-order valence-corrected chi connectivity index (χ0v) is 12.2.